The largest absolute Gasteiger partial charge is 0.464 e. The minimum atomic E-state index is 0.151. The Morgan fingerprint density at radius 3 is 2.75 bits per heavy atom. The molecule has 12 heavy (non-hydrogen) atoms. The van der Waals surface area contributed by atoms with Crippen molar-refractivity contribution in [2.75, 3.05) is 24.7 Å². The molecule has 0 spiro atoms. The number of nitrogens with zero attached hydrogens (tertiary/aromatic N) is 3. The quantitative estimate of drug-likeness (QED) is 0.656. The number of hydrogen-bond acceptors (Lipinski definition) is 6. The molecule has 6 nitrogen and oxygen atoms in total. The van der Waals surface area contributed by atoms with E-state index in [1.807, 2.05) is 6.92 Å². The highest BCUT2D eigenvalue weighted by Crippen LogP contribution is 2.07. The standard InChI is InChI=1S/C6H11N5O/c1-3-12-6-10-4(7)9-5(8-2)11-6/h3H2,1-2H3,(H3,7,8,9,10,11). The van der Waals surface area contributed by atoms with Crippen molar-refractivity contribution in [3.8, 4) is 6.01 Å². The number of aromatic nitrogens is 3. The average Bonchev–Trinajstić information content (AvgIpc) is 2.04. The minimum absolute atomic E-state index is 0.151. The predicted molar refractivity (Wildman–Crippen MR) is 45.0 cm³/mol. The van der Waals surface area contributed by atoms with Crippen LogP contribution in [0.1, 0.15) is 6.92 Å². The van der Waals surface area contributed by atoms with Gasteiger partial charge < -0.3 is 15.8 Å². The van der Waals surface area contributed by atoms with Crippen molar-refractivity contribution in [1.82, 2.24) is 15.0 Å². The van der Waals surface area contributed by atoms with E-state index >= 15 is 0 Å². The van der Waals surface area contributed by atoms with Crippen LogP contribution >= 0.6 is 0 Å². The fourth-order valence-corrected chi connectivity index (χ4v) is 0.678. The summed E-state index contributed by atoms with van der Waals surface area (Å²) in [6.45, 7) is 2.35. The Morgan fingerprint density at radius 2 is 2.17 bits per heavy atom. The third-order valence-electron chi connectivity index (χ3n) is 1.13. The van der Waals surface area contributed by atoms with Gasteiger partial charge in [0, 0.05) is 7.05 Å². The molecule has 0 bridgehead atoms. The molecule has 0 saturated carbocycles. The Kier molecular flexibility index (Phi) is 2.62. The van der Waals surface area contributed by atoms with Crippen molar-refractivity contribution in [3.63, 3.8) is 0 Å². The maximum atomic E-state index is 5.38. The highest BCUT2D eigenvalue weighted by molar-refractivity contribution is 5.31. The number of ether oxygens (including phenoxy) is 1. The summed E-state index contributed by atoms with van der Waals surface area (Å²) in [4.78, 5) is 11.5. The first-order valence-corrected chi connectivity index (χ1v) is 3.58. The molecule has 0 aliphatic heterocycles. The lowest BCUT2D eigenvalue weighted by atomic mass is 10.8. The van der Waals surface area contributed by atoms with E-state index in [-0.39, 0.29) is 12.0 Å². The summed E-state index contributed by atoms with van der Waals surface area (Å²) < 4.78 is 5.05. The zero-order chi connectivity index (χ0) is 8.97. The van der Waals surface area contributed by atoms with Gasteiger partial charge in [0.2, 0.25) is 11.9 Å². The van der Waals surface area contributed by atoms with E-state index in [2.05, 4.69) is 20.3 Å². The number of anilines is 2. The molecule has 1 aromatic rings. The van der Waals surface area contributed by atoms with Crippen LogP contribution in [0.25, 0.3) is 0 Å². The van der Waals surface area contributed by atoms with Crippen LogP contribution in [0.5, 0.6) is 6.01 Å². The van der Waals surface area contributed by atoms with Crippen LogP contribution in [0, 0.1) is 0 Å². The molecule has 0 atom stereocenters. The fourth-order valence-electron chi connectivity index (χ4n) is 0.678. The molecule has 1 aromatic heterocycles. The third-order valence-corrected chi connectivity index (χ3v) is 1.13. The second-order valence-corrected chi connectivity index (χ2v) is 1.98. The Labute approximate surface area is 70.2 Å². The van der Waals surface area contributed by atoms with Gasteiger partial charge >= 0.3 is 6.01 Å². The molecule has 0 amide bonds. The van der Waals surface area contributed by atoms with Crippen molar-refractivity contribution in [3.05, 3.63) is 0 Å². The SMILES string of the molecule is CCOc1nc(N)nc(NC)n1. The van der Waals surface area contributed by atoms with Gasteiger partial charge in [0.25, 0.3) is 0 Å². The van der Waals surface area contributed by atoms with Gasteiger partial charge in [-0.2, -0.15) is 15.0 Å². The monoisotopic (exact) mass is 169 g/mol. The first kappa shape index (κ1) is 8.51. The van der Waals surface area contributed by atoms with Gasteiger partial charge in [-0.05, 0) is 6.92 Å². The lowest BCUT2D eigenvalue weighted by Gasteiger charge is -2.03. The molecule has 0 saturated heterocycles. The number of rotatable bonds is 3. The van der Waals surface area contributed by atoms with Crippen molar-refractivity contribution in [1.29, 1.82) is 0 Å². The maximum absolute atomic E-state index is 5.38. The lowest BCUT2D eigenvalue weighted by Crippen LogP contribution is -2.06. The topological polar surface area (TPSA) is 86.0 Å². The van der Waals surface area contributed by atoms with Crippen LogP contribution in [0.15, 0.2) is 0 Å². The predicted octanol–water partition coefficient (Wildman–Crippen LogP) is -0.106. The summed E-state index contributed by atoms with van der Waals surface area (Å²) in [6, 6.07) is 0.245. The summed E-state index contributed by atoms with van der Waals surface area (Å²) in [5.74, 6) is 0.559. The van der Waals surface area contributed by atoms with E-state index in [0.717, 1.165) is 0 Å². The summed E-state index contributed by atoms with van der Waals surface area (Å²) in [7, 11) is 1.70. The summed E-state index contributed by atoms with van der Waals surface area (Å²) in [5, 5.41) is 2.74. The van der Waals surface area contributed by atoms with Gasteiger partial charge in [-0.1, -0.05) is 0 Å². The van der Waals surface area contributed by atoms with E-state index in [1.165, 1.54) is 0 Å². The molecule has 0 unspecified atom stereocenters. The number of nitrogens with two attached hydrogens (primary N) is 1. The van der Waals surface area contributed by atoms with Gasteiger partial charge in [0.1, 0.15) is 0 Å². The fraction of sp³-hybridized carbons (Fsp3) is 0.500. The molecular formula is C6H11N5O. The molecule has 6 heteroatoms. The van der Waals surface area contributed by atoms with Crippen molar-refractivity contribution in [2.24, 2.45) is 0 Å². The molecular weight excluding hydrogens is 158 g/mol. The van der Waals surface area contributed by atoms with Crippen molar-refractivity contribution in [2.45, 2.75) is 6.92 Å². The number of hydrogen-bond donors (Lipinski definition) is 2. The van der Waals surface area contributed by atoms with Gasteiger partial charge in [-0.15, -0.1) is 0 Å². The molecule has 3 N–H and O–H groups in total. The van der Waals surface area contributed by atoms with Gasteiger partial charge in [0.05, 0.1) is 6.61 Å². The maximum Gasteiger partial charge on any atom is 0.323 e. The van der Waals surface area contributed by atoms with Crippen LogP contribution in [-0.2, 0) is 0 Å². The molecule has 1 heterocycles. The summed E-state index contributed by atoms with van der Waals surface area (Å²) >= 11 is 0. The highest BCUT2D eigenvalue weighted by Gasteiger charge is 2.01. The number of nitrogen functional groups attached to an aromatic ring is 1. The first-order chi connectivity index (χ1) is 5.76. The highest BCUT2D eigenvalue weighted by atomic mass is 16.5. The zero-order valence-electron chi connectivity index (χ0n) is 7.03. The minimum Gasteiger partial charge on any atom is -0.464 e. The van der Waals surface area contributed by atoms with E-state index in [9.17, 15) is 0 Å². The van der Waals surface area contributed by atoms with E-state index < -0.39 is 0 Å². The zero-order valence-corrected chi connectivity index (χ0v) is 7.03. The van der Waals surface area contributed by atoms with Gasteiger partial charge in [-0.25, -0.2) is 0 Å². The molecule has 1 rings (SSSR count). The van der Waals surface area contributed by atoms with Crippen molar-refractivity contribution >= 4 is 11.9 Å². The Hall–Kier alpha value is -1.59. The van der Waals surface area contributed by atoms with Crippen molar-refractivity contribution < 1.29 is 4.74 Å². The molecule has 66 valence electrons. The van der Waals surface area contributed by atoms with Crippen LogP contribution < -0.4 is 15.8 Å². The smallest absolute Gasteiger partial charge is 0.323 e. The number of nitrogens with one attached hydrogen (secondary N) is 1. The first-order valence-electron chi connectivity index (χ1n) is 3.58. The average molecular weight is 169 g/mol. The molecule has 0 radical (unpaired) electrons. The molecule has 0 aliphatic carbocycles. The second kappa shape index (κ2) is 3.70. The van der Waals surface area contributed by atoms with Gasteiger partial charge in [0.15, 0.2) is 0 Å². The van der Waals surface area contributed by atoms with E-state index in [1.54, 1.807) is 7.05 Å². The van der Waals surface area contributed by atoms with Crippen LogP contribution in [0.3, 0.4) is 0 Å². The Bertz CT molecular complexity index is 264. The lowest BCUT2D eigenvalue weighted by molar-refractivity contribution is 0.312. The van der Waals surface area contributed by atoms with Crippen LogP contribution in [0.2, 0.25) is 0 Å². The summed E-state index contributed by atoms with van der Waals surface area (Å²) in [6.07, 6.45) is 0. The molecule has 0 aromatic carbocycles. The van der Waals surface area contributed by atoms with Gasteiger partial charge in [-0.3, -0.25) is 0 Å². The Balaban J connectivity index is 2.90. The third kappa shape index (κ3) is 1.94. The van der Waals surface area contributed by atoms with E-state index in [4.69, 9.17) is 10.5 Å². The summed E-state index contributed by atoms with van der Waals surface area (Å²) in [5.41, 5.74) is 5.38. The van der Waals surface area contributed by atoms with E-state index in [0.29, 0.717) is 12.6 Å². The Morgan fingerprint density at radius 1 is 1.42 bits per heavy atom. The second-order valence-electron chi connectivity index (χ2n) is 1.98. The molecule has 0 aliphatic rings. The molecule has 0 fully saturated rings. The van der Waals surface area contributed by atoms with Crippen LogP contribution in [-0.4, -0.2) is 28.6 Å². The van der Waals surface area contributed by atoms with Crippen LogP contribution in [0.4, 0.5) is 11.9 Å². The normalized spacial score (nSPS) is 9.50.